The first-order valence-corrected chi connectivity index (χ1v) is 3.71. The molecule has 0 unspecified atom stereocenters. The van der Waals surface area contributed by atoms with Gasteiger partial charge in [-0.3, -0.25) is 14.9 Å². The van der Waals surface area contributed by atoms with Crippen LogP contribution in [0, 0.1) is 10.1 Å². The number of ether oxygens (including phenoxy) is 1. The van der Waals surface area contributed by atoms with Gasteiger partial charge in [0.2, 0.25) is 0 Å². The van der Waals surface area contributed by atoms with Gasteiger partial charge in [-0.05, 0) is 0 Å². The van der Waals surface area contributed by atoms with E-state index in [1.54, 1.807) is 4.98 Å². The Hall–Kier alpha value is -1.99. The van der Waals surface area contributed by atoms with Crippen molar-refractivity contribution in [3.05, 3.63) is 32.2 Å². The third-order valence-corrected chi connectivity index (χ3v) is 1.62. The number of rotatable bonds is 3. The molecule has 8 heteroatoms. The maximum absolute atomic E-state index is 12.2. The van der Waals surface area contributed by atoms with Crippen LogP contribution in [0.2, 0.25) is 0 Å². The van der Waals surface area contributed by atoms with E-state index in [0.29, 0.717) is 6.07 Å². The summed E-state index contributed by atoms with van der Waals surface area (Å²) in [5.74, 6) is -0.593. The minimum atomic E-state index is -2.98. The fraction of sp³-hybridized carbons (Fsp3) is 0.286. The molecule has 1 rings (SSSR count). The molecule has 6 nitrogen and oxygen atoms in total. The second-order valence-electron chi connectivity index (χ2n) is 2.53. The van der Waals surface area contributed by atoms with Gasteiger partial charge in [-0.25, -0.2) is 8.78 Å². The number of pyridine rings is 1. The minimum absolute atomic E-state index is 0.574. The first-order valence-electron chi connectivity index (χ1n) is 3.71. The summed E-state index contributed by atoms with van der Waals surface area (Å²) in [5.41, 5.74) is -2.65. The Kier molecular flexibility index (Phi) is 2.98. The molecule has 1 heterocycles. The van der Waals surface area contributed by atoms with Gasteiger partial charge < -0.3 is 9.72 Å². The number of hydrogen-bond acceptors (Lipinski definition) is 4. The fourth-order valence-corrected chi connectivity index (χ4v) is 1.00. The summed E-state index contributed by atoms with van der Waals surface area (Å²) in [4.78, 5) is 22.3. The van der Waals surface area contributed by atoms with Crippen molar-refractivity contribution in [3.8, 4) is 5.75 Å². The van der Waals surface area contributed by atoms with Crippen molar-refractivity contribution in [2.45, 2.75) is 6.43 Å². The van der Waals surface area contributed by atoms with Crippen molar-refractivity contribution in [2.75, 3.05) is 7.11 Å². The normalized spacial score (nSPS) is 10.4. The summed E-state index contributed by atoms with van der Waals surface area (Å²) < 4.78 is 28.8. The number of nitrogens with zero attached hydrogens (tertiary/aromatic N) is 1. The van der Waals surface area contributed by atoms with Crippen LogP contribution >= 0.6 is 0 Å². The van der Waals surface area contributed by atoms with E-state index in [1.807, 2.05) is 0 Å². The summed E-state index contributed by atoms with van der Waals surface area (Å²) in [5, 5.41) is 10.4. The van der Waals surface area contributed by atoms with Crippen molar-refractivity contribution >= 4 is 5.69 Å². The van der Waals surface area contributed by atoms with E-state index in [-0.39, 0.29) is 0 Å². The summed E-state index contributed by atoms with van der Waals surface area (Å²) >= 11 is 0. The van der Waals surface area contributed by atoms with Crippen LogP contribution in [-0.2, 0) is 0 Å². The van der Waals surface area contributed by atoms with Crippen LogP contribution in [0.15, 0.2) is 10.9 Å². The van der Waals surface area contributed by atoms with E-state index in [2.05, 4.69) is 4.74 Å². The highest BCUT2D eigenvalue weighted by molar-refractivity contribution is 5.45. The molecule has 82 valence electrons. The molecule has 0 radical (unpaired) electrons. The molecule has 0 bridgehead atoms. The van der Waals surface area contributed by atoms with Gasteiger partial charge in [0.25, 0.3) is 17.7 Å². The number of nitrogens with one attached hydrogen (secondary N) is 1. The fourth-order valence-electron chi connectivity index (χ4n) is 1.00. The molecule has 0 aromatic carbocycles. The van der Waals surface area contributed by atoms with Gasteiger partial charge in [0.15, 0.2) is 0 Å². The Labute approximate surface area is 81.6 Å². The van der Waals surface area contributed by atoms with Gasteiger partial charge in [0.05, 0.1) is 17.7 Å². The largest absolute Gasteiger partial charge is 0.486 e. The average molecular weight is 220 g/mol. The second kappa shape index (κ2) is 4.03. The third-order valence-electron chi connectivity index (χ3n) is 1.62. The van der Waals surface area contributed by atoms with E-state index in [0.717, 1.165) is 7.11 Å². The van der Waals surface area contributed by atoms with E-state index in [1.165, 1.54) is 0 Å². The molecule has 0 aliphatic heterocycles. The van der Waals surface area contributed by atoms with E-state index in [4.69, 9.17) is 0 Å². The predicted molar refractivity (Wildman–Crippen MR) is 45.2 cm³/mol. The zero-order valence-electron chi connectivity index (χ0n) is 7.49. The standard InChI is InChI=1S/C7H6F2N2O4/c1-15-5-4(11(13)14)2-3(6(8)9)10-7(5)12/h2,6H,1H3,(H,10,12). The smallest absolute Gasteiger partial charge is 0.318 e. The highest BCUT2D eigenvalue weighted by Crippen LogP contribution is 2.26. The topological polar surface area (TPSA) is 85.2 Å². The van der Waals surface area contributed by atoms with Crippen molar-refractivity contribution < 1.29 is 18.4 Å². The first-order chi connectivity index (χ1) is 6.97. The van der Waals surface area contributed by atoms with Crippen LogP contribution in [0.3, 0.4) is 0 Å². The number of aromatic nitrogens is 1. The number of aromatic amines is 1. The summed E-state index contributed by atoms with van der Waals surface area (Å²) in [7, 11) is 1.04. The lowest BCUT2D eigenvalue weighted by Gasteiger charge is -2.03. The number of halogens is 2. The second-order valence-corrected chi connectivity index (χ2v) is 2.53. The van der Waals surface area contributed by atoms with Gasteiger partial charge in [-0.1, -0.05) is 0 Å². The van der Waals surface area contributed by atoms with Crippen LogP contribution in [0.25, 0.3) is 0 Å². The van der Waals surface area contributed by atoms with Crippen molar-refractivity contribution in [1.82, 2.24) is 4.98 Å². The Morgan fingerprint density at radius 2 is 2.20 bits per heavy atom. The summed E-state index contributed by atoms with van der Waals surface area (Å²) in [6.07, 6.45) is -2.98. The highest BCUT2D eigenvalue weighted by Gasteiger charge is 2.22. The molecular weight excluding hydrogens is 214 g/mol. The number of alkyl halides is 2. The maximum atomic E-state index is 12.2. The monoisotopic (exact) mass is 220 g/mol. The highest BCUT2D eigenvalue weighted by atomic mass is 19.3. The molecule has 0 aliphatic carbocycles. The number of H-pyrrole nitrogens is 1. The van der Waals surface area contributed by atoms with Crippen LogP contribution in [-0.4, -0.2) is 17.0 Å². The molecule has 0 amide bonds. The van der Waals surface area contributed by atoms with E-state index in [9.17, 15) is 23.7 Å². The molecule has 0 atom stereocenters. The lowest BCUT2D eigenvalue weighted by molar-refractivity contribution is -0.386. The minimum Gasteiger partial charge on any atom is -0.486 e. The quantitative estimate of drug-likeness (QED) is 0.613. The lowest BCUT2D eigenvalue weighted by Crippen LogP contribution is -2.14. The molecule has 0 saturated heterocycles. The van der Waals surface area contributed by atoms with E-state index >= 15 is 0 Å². The van der Waals surface area contributed by atoms with Crippen molar-refractivity contribution in [3.63, 3.8) is 0 Å². The van der Waals surface area contributed by atoms with Gasteiger partial charge >= 0.3 is 5.69 Å². The molecular formula is C7H6F2N2O4. The van der Waals surface area contributed by atoms with Crippen LogP contribution < -0.4 is 10.3 Å². The van der Waals surface area contributed by atoms with E-state index < -0.39 is 34.0 Å². The van der Waals surface area contributed by atoms with Crippen LogP contribution in [0.5, 0.6) is 5.75 Å². The third kappa shape index (κ3) is 2.09. The molecule has 0 saturated carbocycles. The van der Waals surface area contributed by atoms with Gasteiger partial charge in [0.1, 0.15) is 0 Å². The predicted octanol–water partition coefficient (Wildman–Crippen LogP) is 1.23. The van der Waals surface area contributed by atoms with Crippen molar-refractivity contribution in [1.29, 1.82) is 0 Å². The number of hydrogen-bond donors (Lipinski definition) is 1. The molecule has 0 fully saturated rings. The SMILES string of the molecule is COc1c([N+](=O)[O-])cc(C(F)F)[nH]c1=O. The Morgan fingerprint density at radius 1 is 1.60 bits per heavy atom. The Balaban J connectivity index is 3.46. The van der Waals surface area contributed by atoms with Crippen LogP contribution in [0.4, 0.5) is 14.5 Å². The lowest BCUT2D eigenvalue weighted by atomic mass is 10.3. The Bertz CT molecular complexity index is 443. The summed E-state index contributed by atoms with van der Waals surface area (Å²) in [6, 6.07) is 0.574. The molecule has 1 N–H and O–H groups in total. The first kappa shape index (κ1) is 11.1. The number of nitro groups is 1. The van der Waals surface area contributed by atoms with Crippen LogP contribution in [0.1, 0.15) is 12.1 Å². The van der Waals surface area contributed by atoms with Gasteiger partial charge in [-0.2, -0.15) is 0 Å². The number of methoxy groups -OCH3 is 1. The van der Waals surface area contributed by atoms with Gasteiger partial charge in [-0.15, -0.1) is 0 Å². The Morgan fingerprint density at radius 3 is 2.60 bits per heavy atom. The average Bonchev–Trinajstić information content (AvgIpc) is 2.16. The molecule has 0 aliphatic rings. The summed E-state index contributed by atoms with van der Waals surface area (Å²) in [6.45, 7) is 0. The molecule has 15 heavy (non-hydrogen) atoms. The zero-order valence-corrected chi connectivity index (χ0v) is 7.49. The molecule has 0 spiro atoms. The van der Waals surface area contributed by atoms with Crippen molar-refractivity contribution in [2.24, 2.45) is 0 Å². The van der Waals surface area contributed by atoms with Gasteiger partial charge in [0, 0.05) is 6.07 Å². The zero-order chi connectivity index (χ0) is 11.6. The molecule has 1 aromatic rings. The maximum Gasteiger partial charge on any atom is 0.318 e. The molecule has 1 aromatic heterocycles.